The molecule has 18 heavy (non-hydrogen) atoms. The van der Waals surface area contributed by atoms with E-state index in [-0.39, 0.29) is 17.9 Å². The molecular weight excluding hydrogens is 228 g/mol. The van der Waals surface area contributed by atoms with Crippen LogP contribution in [0.2, 0.25) is 0 Å². The number of carbonyl (C=O) groups is 1. The molecule has 1 atom stereocenters. The van der Waals surface area contributed by atoms with Crippen molar-refractivity contribution >= 4 is 11.6 Å². The van der Waals surface area contributed by atoms with Gasteiger partial charge in [0, 0.05) is 18.9 Å². The minimum atomic E-state index is -0.325. The summed E-state index contributed by atoms with van der Waals surface area (Å²) >= 11 is 0. The van der Waals surface area contributed by atoms with Gasteiger partial charge in [-0.1, -0.05) is 19.9 Å². The lowest BCUT2D eigenvalue weighted by molar-refractivity contribution is -0.121. The van der Waals surface area contributed by atoms with Crippen molar-refractivity contribution in [1.82, 2.24) is 14.7 Å². The van der Waals surface area contributed by atoms with E-state index in [4.69, 9.17) is 5.73 Å². The Hall–Kier alpha value is -1.88. The molecule has 96 valence electrons. The van der Waals surface area contributed by atoms with Crippen molar-refractivity contribution in [2.24, 2.45) is 11.7 Å². The number of nitrogens with zero attached hydrogens (tertiary/aromatic N) is 2. The van der Waals surface area contributed by atoms with Crippen LogP contribution in [0.4, 0.5) is 0 Å². The number of pyridine rings is 1. The van der Waals surface area contributed by atoms with Gasteiger partial charge in [0.05, 0.1) is 11.7 Å². The van der Waals surface area contributed by atoms with Crippen molar-refractivity contribution in [3.63, 3.8) is 0 Å². The Balaban J connectivity index is 2.07. The highest BCUT2D eigenvalue weighted by molar-refractivity contribution is 5.80. The minimum Gasteiger partial charge on any atom is -0.368 e. The molecule has 5 nitrogen and oxygen atoms in total. The Morgan fingerprint density at radius 3 is 2.89 bits per heavy atom. The number of imidazole rings is 1. The number of hydrogen-bond donors (Lipinski definition) is 2. The fraction of sp³-hybridized carbons (Fsp3) is 0.385. The fourth-order valence-electron chi connectivity index (χ4n) is 1.95. The number of rotatable bonds is 5. The Morgan fingerprint density at radius 1 is 1.50 bits per heavy atom. The number of nitrogens with one attached hydrogen (secondary N) is 1. The molecule has 2 aromatic rings. The Labute approximate surface area is 106 Å². The number of fused-ring (bicyclic) bond motifs is 1. The van der Waals surface area contributed by atoms with E-state index in [0.717, 1.165) is 11.3 Å². The van der Waals surface area contributed by atoms with Gasteiger partial charge < -0.3 is 10.1 Å². The van der Waals surface area contributed by atoms with E-state index in [1.54, 1.807) is 0 Å². The summed E-state index contributed by atoms with van der Waals surface area (Å²) in [4.78, 5) is 15.7. The first-order chi connectivity index (χ1) is 8.58. The molecule has 0 saturated carbocycles. The van der Waals surface area contributed by atoms with E-state index in [0.29, 0.717) is 6.54 Å². The van der Waals surface area contributed by atoms with E-state index in [2.05, 4.69) is 10.3 Å². The van der Waals surface area contributed by atoms with Crippen LogP contribution in [-0.4, -0.2) is 21.3 Å². The Bertz CT molecular complexity index is 514. The number of hydrogen-bond acceptors (Lipinski definition) is 3. The standard InChI is InChI=1S/C13H18N4O/c1-9(2)12(13(14)18)15-7-10-8-17-6-4-3-5-11(17)16-10/h3-6,8-9,12,15H,7H2,1-2H3,(H2,14,18). The van der Waals surface area contributed by atoms with Gasteiger partial charge in [0.25, 0.3) is 0 Å². The summed E-state index contributed by atoms with van der Waals surface area (Å²) in [6.45, 7) is 4.46. The predicted molar refractivity (Wildman–Crippen MR) is 69.9 cm³/mol. The maximum absolute atomic E-state index is 11.3. The van der Waals surface area contributed by atoms with Gasteiger partial charge in [-0.15, -0.1) is 0 Å². The first-order valence-electron chi connectivity index (χ1n) is 6.03. The molecule has 0 spiro atoms. The zero-order valence-corrected chi connectivity index (χ0v) is 10.6. The highest BCUT2D eigenvalue weighted by Gasteiger charge is 2.18. The van der Waals surface area contributed by atoms with Gasteiger partial charge >= 0.3 is 0 Å². The van der Waals surface area contributed by atoms with Gasteiger partial charge in [0.15, 0.2) is 0 Å². The molecule has 0 fully saturated rings. The molecule has 0 saturated heterocycles. The molecule has 0 aliphatic heterocycles. The maximum atomic E-state index is 11.3. The lowest BCUT2D eigenvalue weighted by Gasteiger charge is -2.18. The minimum absolute atomic E-state index is 0.166. The van der Waals surface area contributed by atoms with Crippen LogP contribution in [0.15, 0.2) is 30.6 Å². The predicted octanol–water partition coefficient (Wildman–Crippen LogP) is 0.934. The summed E-state index contributed by atoms with van der Waals surface area (Å²) in [5.74, 6) is -0.159. The van der Waals surface area contributed by atoms with Crippen molar-refractivity contribution in [1.29, 1.82) is 0 Å². The highest BCUT2D eigenvalue weighted by atomic mass is 16.1. The SMILES string of the molecule is CC(C)C(NCc1cn2ccccc2n1)C(N)=O. The van der Waals surface area contributed by atoms with Crippen LogP contribution < -0.4 is 11.1 Å². The van der Waals surface area contributed by atoms with Crippen LogP contribution in [0, 0.1) is 5.92 Å². The monoisotopic (exact) mass is 246 g/mol. The zero-order valence-electron chi connectivity index (χ0n) is 10.6. The Morgan fingerprint density at radius 2 is 2.28 bits per heavy atom. The second-order valence-electron chi connectivity index (χ2n) is 4.70. The summed E-state index contributed by atoms with van der Waals surface area (Å²) in [5.41, 5.74) is 7.14. The van der Waals surface area contributed by atoms with E-state index >= 15 is 0 Å². The van der Waals surface area contributed by atoms with E-state index < -0.39 is 0 Å². The summed E-state index contributed by atoms with van der Waals surface area (Å²) in [6, 6.07) is 5.51. The van der Waals surface area contributed by atoms with Crippen LogP contribution >= 0.6 is 0 Å². The second-order valence-corrected chi connectivity index (χ2v) is 4.70. The second kappa shape index (κ2) is 5.18. The third-order valence-electron chi connectivity index (χ3n) is 2.89. The van der Waals surface area contributed by atoms with Gasteiger partial charge in [0.1, 0.15) is 5.65 Å². The topological polar surface area (TPSA) is 72.4 Å². The molecule has 1 amide bonds. The first-order valence-corrected chi connectivity index (χ1v) is 6.03. The summed E-state index contributed by atoms with van der Waals surface area (Å²) in [5, 5.41) is 3.15. The van der Waals surface area contributed by atoms with Crippen molar-refractivity contribution in [3.8, 4) is 0 Å². The summed E-state index contributed by atoms with van der Waals surface area (Å²) in [6.07, 6.45) is 3.89. The van der Waals surface area contributed by atoms with Crippen LogP contribution in [-0.2, 0) is 11.3 Å². The average molecular weight is 246 g/mol. The quantitative estimate of drug-likeness (QED) is 0.824. The van der Waals surface area contributed by atoms with Crippen molar-refractivity contribution in [3.05, 3.63) is 36.3 Å². The van der Waals surface area contributed by atoms with Gasteiger partial charge in [-0.2, -0.15) is 0 Å². The molecule has 0 aliphatic carbocycles. The molecule has 2 heterocycles. The van der Waals surface area contributed by atoms with E-state index in [9.17, 15) is 4.79 Å². The number of nitrogens with two attached hydrogens (primary N) is 1. The molecule has 1 unspecified atom stereocenters. The molecule has 2 rings (SSSR count). The van der Waals surface area contributed by atoms with Crippen LogP contribution in [0.25, 0.3) is 5.65 Å². The highest BCUT2D eigenvalue weighted by Crippen LogP contribution is 2.06. The van der Waals surface area contributed by atoms with Crippen molar-refractivity contribution in [2.75, 3.05) is 0 Å². The largest absolute Gasteiger partial charge is 0.368 e. The average Bonchev–Trinajstić information content (AvgIpc) is 2.70. The van der Waals surface area contributed by atoms with Crippen LogP contribution in [0.1, 0.15) is 19.5 Å². The van der Waals surface area contributed by atoms with E-state index in [1.807, 2.05) is 48.8 Å². The molecular formula is C13H18N4O. The number of aromatic nitrogens is 2. The molecule has 0 bridgehead atoms. The summed E-state index contributed by atoms with van der Waals surface area (Å²) < 4.78 is 1.95. The summed E-state index contributed by atoms with van der Waals surface area (Å²) in [7, 11) is 0. The fourth-order valence-corrected chi connectivity index (χ4v) is 1.95. The molecule has 0 radical (unpaired) electrons. The number of primary amides is 1. The molecule has 3 N–H and O–H groups in total. The molecule has 5 heteroatoms. The zero-order chi connectivity index (χ0) is 13.1. The molecule has 0 aromatic carbocycles. The maximum Gasteiger partial charge on any atom is 0.234 e. The van der Waals surface area contributed by atoms with Crippen molar-refractivity contribution < 1.29 is 4.79 Å². The van der Waals surface area contributed by atoms with Crippen molar-refractivity contribution in [2.45, 2.75) is 26.4 Å². The lowest BCUT2D eigenvalue weighted by Crippen LogP contribution is -2.44. The van der Waals surface area contributed by atoms with Gasteiger partial charge in [-0.05, 0) is 18.1 Å². The third-order valence-corrected chi connectivity index (χ3v) is 2.89. The molecule has 2 aromatic heterocycles. The van der Waals surface area contributed by atoms with Gasteiger partial charge in [-0.25, -0.2) is 4.98 Å². The lowest BCUT2D eigenvalue weighted by atomic mass is 10.0. The number of carbonyl (C=O) groups excluding carboxylic acids is 1. The Kier molecular flexibility index (Phi) is 3.62. The van der Waals surface area contributed by atoms with E-state index in [1.165, 1.54) is 0 Å². The number of amides is 1. The third kappa shape index (κ3) is 2.68. The molecule has 0 aliphatic rings. The van der Waals surface area contributed by atoms with Crippen LogP contribution in [0.3, 0.4) is 0 Å². The van der Waals surface area contributed by atoms with Gasteiger partial charge in [-0.3, -0.25) is 10.1 Å². The van der Waals surface area contributed by atoms with Crippen LogP contribution in [0.5, 0.6) is 0 Å². The smallest absolute Gasteiger partial charge is 0.234 e. The first kappa shape index (κ1) is 12.6. The normalized spacial score (nSPS) is 13.1. The van der Waals surface area contributed by atoms with Gasteiger partial charge in [0.2, 0.25) is 5.91 Å².